The number of ketones is 1. The number of aliphatic hydroxyl groups is 2. The van der Waals surface area contributed by atoms with Crippen LogP contribution in [0.5, 0.6) is 0 Å². The van der Waals surface area contributed by atoms with E-state index < -0.39 is 5.60 Å². The highest BCUT2D eigenvalue weighted by atomic mass is 16.3. The maximum absolute atomic E-state index is 12.8. The summed E-state index contributed by atoms with van der Waals surface area (Å²) in [5, 5.41) is 24.5. The van der Waals surface area contributed by atoms with E-state index in [0.29, 0.717) is 29.9 Å². The molecule has 0 bridgehead atoms. The molecule has 1 atom stereocenters. The summed E-state index contributed by atoms with van der Waals surface area (Å²) in [6.07, 6.45) is 0.534. The van der Waals surface area contributed by atoms with Crippen LogP contribution in [0.2, 0.25) is 0 Å². The van der Waals surface area contributed by atoms with Crippen LogP contribution in [-0.4, -0.2) is 49.8 Å². The molecule has 7 nitrogen and oxygen atoms in total. The minimum absolute atomic E-state index is 0.0345. The van der Waals surface area contributed by atoms with Crippen molar-refractivity contribution in [3.05, 3.63) is 58.9 Å². The molecule has 0 spiro atoms. The lowest BCUT2D eigenvalue weighted by Gasteiger charge is -2.19. The lowest BCUT2D eigenvalue weighted by atomic mass is 9.96. The number of aromatic nitrogens is 3. The van der Waals surface area contributed by atoms with Crippen LogP contribution in [-0.2, 0) is 12.0 Å². The van der Waals surface area contributed by atoms with Crippen LogP contribution < -0.4 is 4.90 Å². The number of Topliss-reactive ketones (excluding diaryl/α,β-unsaturated/α-hetero) is 1. The van der Waals surface area contributed by atoms with Gasteiger partial charge in [-0.1, -0.05) is 24.3 Å². The van der Waals surface area contributed by atoms with Crippen molar-refractivity contribution in [2.75, 3.05) is 18.0 Å². The van der Waals surface area contributed by atoms with E-state index in [1.54, 1.807) is 42.6 Å². The fourth-order valence-corrected chi connectivity index (χ4v) is 3.72. The molecule has 2 N–H and O–H groups in total. The monoisotopic (exact) mass is 394 g/mol. The fourth-order valence-electron chi connectivity index (χ4n) is 3.72. The number of aliphatic hydroxyl groups excluding tert-OH is 1. The van der Waals surface area contributed by atoms with Crippen molar-refractivity contribution < 1.29 is 15.0 Å². The van der Waals surface area contributed by atoms with E-state index in [1.807, 2.05) is 19.1 Å². The molecular weight excluding hydrogens is 368 g/mol. The number of carbonyl (C=O) groups excluding carboxylic acids is 1. The second kappa shape index (κ2) is 7.24. The SMILES string of the molecule is Cc1cc2nc(CC(=O)c3ccc(C(C)(C)O)cc3)cc(N3CC[C@@H](O)C3)n2n1. The third-order valence-corrected chi connectivity index (χ3v) is 5.33. The van der Waals surface area contributed by atoms with Crippen molar-refractivity contribution in [2.45, 2.75) is 45.3 Å². The molecule has 1 saturated heterocycles. The Bertz CT molecular complexity index is 1050. The van der Waals surface area contributed by atoms with E-state index in [9.17, 15) is 15.0 Å². The van der Waals surface area contributed by atoms with Gasteiger partial charge in [-0.15, -0.1) is 0 Å². The van der Waals surface area contributed by atoms with Gasteiger partial charge in [0.1, 0.15) is 5.82 Å². The number of carbonyl (C=O) groups is 1. The normalized spacial score (nSPS) is 17.3. The summed E-state index contributed by atoms with van der Waals surface area (Å²) >= 11 is 0. The Hall–Kier alpha value is -2.77. The zero-order valence-corrected chi connectivity index (χ0v) is 17.0. The van der Waals surface area contributed by atoms with Crippen LogP contribution in [0.1, 0.15) is 47.6 Å². The van der Waals surface area contributed by atoms with Crippen molar-refractivity contribution in [1.82, 2.24) is 14.6 Å². The van der Waals surface area contributed by atoms with Gasteiger partial charge in [0.05, 0.1) is 29.5 Å². The molecule has 1 aliphatic heterocycles. The molecule has 1 fully saturated rings. The van der Waals surface area contributed by atoms with Gasteiger partial charge in [0.2, 0.25) is 0 Å². The number of anilines is 1. The van der Waals surface area contributed by atoms with E-state index in [4.69, 9.17) is 0 Å². The number of hydrogen-bond acceptors (Lipinski definition) is 6. The molecule has 0 aliphatic carbocycles. The molecule has 3 heterocycles. The number of rotatable bonds is 5. The van der Waals surface area contributed by atoms with Gasteiger partial charge in [-0.3, -0.25) is 4.79 Å². The van der Waals surface area contributed by atoms with E-state index in [0.717, 1.165) is 23.6 Å². The topological polar surface area (TPSA) is 91.0 Å². The van der Waals surface area contributed by atoms with Crippen LogP contribution in [0, 0.1) is 6.92 Å². The molecule has 3 aromatic rings. The summed E-state index contributed by atoms with van der Waals surface area (Å²) in [5.74, 6) is 0.813. The first kappa shape index (κ1) is 19.5. The van der Waals surface area contributed by atoms with Gasteiger partial charge in [0, 0.05) is 30.8 Å². The van der Waals surface area contributed by atoms with Gasteiger partial charge in [0.25, 0.3) is 0 Å². The first-order chi connectivity index (χ1) is 13.7. The van der Waals surface area contributed by atoms with Gasteiger partial charge < -0.3 is 15.1 Å². The fraction of sp³-hybridized carbons (Fsp3) is 0.409. The zero-order chi connectivity index (χ0) is 20.8. The van der Waals surface area contributed by atoms with Crippen LogP contribution >= 0.6 is 0 Å². The van der Waals surface area contributed by atoms with Gasteiger partial charge in [-0.05, 0) is 32.8 Å². The third kappa shape index (κ3) is 4.02. The Balaban J connectivity index is 1.63. The quantitative estimate of drug-likeness (QED) is 0.645. The Morgan fingerprint density at radius 2 is 1.97 bits per heavy atom. The highest BCUT2D eigenvalue weighted by Crippen LogP contribution is 2.24. The van der Waals surface area contributed by atoms with Crippen molar-refractivity contribution >= 4 is 17.2 Å². The summed E-state index contributed by atoms with van der Waals surface area (Å²) in [6, 6.07) is 10.8. The summed E-state index contributed by atoms with van der Waals surface area (Å²) < 4.78 is 1.78. The largest absolute Gasteiger partial charge is 0.391 e. The Labute approximate surface area is 169 Å². The van der Waals surface area contributed by atoms with Crippen LogP contribution in [0.15, 0.2) is 36.4 Å². The summed E-state index contributed by atoms with van der Waals surface area (Å²) in [7, 11) is 0. The molecule has 0 radical (unpaired) electrons. The van der Waals surface area contributed by atoms with Crippen molar-refractivity contribution in [2.24, 2.45) is 0 Å². The van der Waals surface area contributed by atoms with Gasteiger partial charge in [-0.25, -0.2) is 4.98 Å². The van der Waals surface area contributed by atoms with Crippen molar-refractivity contribution in [3.63, 3.8) is 0 Å². The summed E-state index contributed by atoms with van der Waals surface area (Å²) in [6.45, 7) is 6.63. The van der Waals surface area contributed by atoms with E-state index >= 15 is 0 Å². The first-order valence-electron chi connectivity index (χ1n) is 9.86. The van der Waals surface area contributed by atoms with E-state index in [2.05, 4.69) is 15.0 Å². The lowest BCUT2D eigenvalue weighted by molar-refractivity contribution is 0.0784. The lowest BCUT2D eigenvalue weighted by Crippen LogP contribution is -2.24. The van der Waals surface area contributed by atoms with Gasteiger partial charge in [-0.2, -0.15) is 9.61 Å². The molecule has 1 aliphatic rings. The number of fused-ring (bicyclic) bond motifs is 1. The second-order valence-electron chi connectivity index (χ2n) is 8.29. The highest BCUT2D eigenvalue weighted by Gasteiger charge is 2.24. The summed E-state index contributed by atoms with van der Waals surface area (Å²) in [5.41, 5.74) is 2.63. The Kier molecular flexibility index (Phi) is 4.88. The van der Waals surface area contributed by atoms with E-state index in [1.165, 1.54) is 0 Å². The third-order valence-electron chi connectivity index (χ3n) is 5.33. The van der Waals surface area contributed by atoms with E-state index in [-0.39, 0.29) is 18.3 Å². The average Bonchev–Trinajstić information content (AvgIpc) is 3.25. The number of benzene rings is 1. The Morgan fingerprint density at radius 3 is 2.59 bits per heavy atom. The van der Waals surface area contributed by atoms with Crippen LogP contribution in [0.3, 0.4) is 0 Å². The summed E-state index contributed by atoms with van der Waals surface area (Å²) in [4.78, 5) is 19.5. The molecular formula is C22H26N4O3. The number of hydrogen-bond donors (Lipinski definition) is 2. The van der Waals surface area contributed by atoms with Crippen LogP contribution in [0.25, 0.3) is 5.65 Å². The molecule has 0 saturated carbocycles. The molecule has 0 unspecified atom stereocenters. The molecule has 29 heavy (non-hydrogen) atoms. The number of β-amino-alcohol motifs (C(OH)–C–C–N with tert-alkyl or cyclic N) is 1. The number of nitrogens with zero attached hydrogens (tertiary/aromatic N) is 4. The van der Waals surface area contributed by atoms with Crippen molar-refractivity contribution in [1.29, 1.82) is 0 Å². The maximum atomic E-state index is 12.8. The predicted molar refractivity (Wildman–Crippen MR) is 110 cm³/mol. The highest BCUT2D eigenvalue weighted by molar-refractivity contribution is 5.97. The molecule has 152 valence electrons. The molecule has 7 heteroatoms. The van der Waals surface area contributed by atoms with Crippen molar-refractivity contribution in [3.8, 4) is 0 Å². The number of aryl methyl sites for hydroxylation is 1. The minimum atomic E-state index is -0.941. The molecule has 4 rings (SSSR count). The first-order valence-corrected chi connectivity index (χ1v) is 9.86. The standard InChI is InChI=1S/C22H26N4O3/c1-14-10-20-23-17(12-21(26(20)24-14)25-9-8-18(27)13-25)11-19(28)15-4-6-16(7-5-15)22(2,3)29/h4-7,10,12,18,27,29H,8-9,11,13H2,1-3H3/t18-/m1/s1. The predicted octanol–water partition coefficient (Wildman–Crippen LogP) is 2.26. The molecule has 2 aromatic heterocycles. The average molecular weight is 394 g/mol. The minimum Gasteiger partial charge on any atom is -0.391 e. The van der Waals surface area contributed by atoms with Gasteiger partial charge in [0.15, 0.2) is 11.4 Å². The Morgan fingerprint density at radius 1 is 1.24 bits per heavy atom. The van der Waals surface area contributed by atoms with Gasteiger partial charge >= 0.3 is 0 Å². The second-order valence-corrected chi connectivity index (χ2v) is 8.29. The maximum Gasteiger partial charge on any atom is 0.168 e. The smallest absolute Gasteiger partial charge is 0.168 e. The molecule has 1 aromatic carbocycles. The zero-order valence-electron chi connectivity index (χ0n) is 17.0. The van der Waals surface area contributed by atoms with Crippen LogP contribution in [0.4, 0.5) is 5.82 Å². The molecule has 0 amide bonds.